The van der Waals surface area contributed by atoms with E-state index < -0.39 is 202 Å². The van der Waals surface area contributed by atoms with Gasteiger partial charge >= 0.3 is 65.6 Å². The number of rotatable bonds is 40. The highest BCUT2D eigenvalue weighted by molar-refractivity contribution is 7.65. The number of benzene rings is 1. The molecular formula is C52H72BF32P. The van der Waals surface area contributed by atoms with Gasteiger partial charge in [0.05, 0.1) is 12.3 Å². The summed E-state index contributed by atoms with van der Waals surface area (Å²) in [5, 5.41) is -0.540. The molecule has 34 heteroatoms. The summed E-state index contributed by atoms with van der Waals surface area (Å²) in [5.74, 6) is -116. The lowest BCUT2D eigenvalue weighted by molar-refractivity contribution is -0.350. The molecule has 1 aromatic carbocycles. The van der Waals surface area contributed by atoms with Crippen LogP contribution in [0.2, 0.25) is 0 Å². The molecule has 0 nitrogen and oxygen atoms in total. The van der Waals surface area contributed by atoms with E-state index in [9.17, 15) is 35.1 Å². The van der Waals surface area contributed by atoms with Crippen molar-refractivity contribution < 1.29 is 140 Å². The molecule has 0 aliphatic carbocycles. The van der Waals surface area contributed by atoms with Crippen molar-refractivity contribution in [3.05, 3.63) is 29.1 Å². The molecule has 1 aromatic rings. The number of unbranched alkanes of at least 4 members (excludes halogenated alkanes) is 15. The van der Waals surface area contributed by atoms with Crippen molar-refractivity contribution in [3.63, 3.8) is 0 Å². The predicted octanol–water partition coefficient (Wildman–Crippen LogP) is 23.3. The predicted molar refractivity (Wildman–Crippen MR) is 264 cm³/mol. The zero-order chi connectivity index (χ0) is 68.1. The summed E-state index contributed by atoms with van der Waals surface area (Å²) < 4.78 is 485. The smallest absolute Gasteiger partial charge is 0.244 e. The Bertz CT molecular complexity index is 1980. The van der Waals surface area contributed by atoms with Crippen molar-refractivity contribution >= 4 is 19.4 Å². The van der Waals surface area contributed by atoms with Gasteiger partial charge in [-0.3, -0.25) is 0 Å². The maximum Gasteiger partial charge on any atom is 0.458 e. The Kier molecular flexibility index (Phi) is 30.3. The van der Waals surface area contributed by atoms with Crippen molar-refractivity contribution in [2.24, 2.45) is 0 Å². The van der Waals surface area contributed by atoms with E-state index in [2.05, 4.69) is 0 Å². The van der Waals surface area contributed by atoms with E-state index in [1.807, 2.05) is 6.92 Å². The van der Waals surface area contributed by atoms with E-state index in [4.69, 9.17) is 0 Å². The lowest BCUT2D eigenvalue weighted by atomic mass is 9.08. The first kappa shape index (κ1) is 83.5. The van der Waals surface area contributed by atoms with Gasteiger partial charge in [0.25, 0.3) is 0 Å². The fraction of sp³-hybridized carbons (Fsp3) is 0.885. The summed E-state index contributed by atoms with van der Waals surface area (Å²) in [4.78, 5) is 0. The van der Waals surface area contributed by atoms with Crippen molar-refractivity contribution in [2.75, 3.05) is 12.3 Å². The fourth-order valence-electron chi connectivity index (χ4n) is 9.70. The molecule has 1 rings (SSSR count). The Morgan fingerprint density at radius 1 is 0.326 bits per heavy atom. The van der Waals surface area contributed by atoms with Crippen LogP contribution >= 0.6 is 7.92 Å². The summed E-state index contributed by atoms with van der Waals surface area (Å²) >= 11 is 0. The average Bonchev–Trinajstić information content (AvgIpc) is 1.35. The van der Waals surface area contributed by atoms with Gasteiger partial charge in [0.2, 0.25) is 23.3 Å². The lowest BCUT2D eigenvalue weighted by Crippen LogP contribution is -2.96. The van der Waals surface area contributed by atoms with Crippen molar-refractivity contribution in [1.29, 1.82) is 0 Å². The van der Waals surface area contributed by atoms with Crippen molar-refractivity contribution in [3.8, 4) is 0 Å². The van der Waals surface area contributed by atoms with Crippen molar-refractivity contribution in [1.82, 2.24) is 0 Å². The molecule has 0 aromatic heterocycles. The maximum atomic E-state index is 16.5. The molecule has 0 N–H and O–H groups in total. The maximum absolute atomic E-state index is 16.5. The topological polar surface area (TPSA) is 0 Å². The average molecular weight is 1350 g/mol. The third kappa shape index (κ3) is 16.2. The molecule has 0 saturated carbocycles. The second-order valence-corrected chi connectivity index (χ2v) is 24.4. The standard InChI is InChI=1S/C36H52BF24.C16H19F8P/c1-5-9-13-17-21-25(38,39)29(46,47)33(54,55)37(34(56,57)30(48,49)26(40,41)22-18-14-10-6-2,35(58,59)31(50,51)27(42,43)23-19-15-11-7-3)36(60,61)32(52,53)28(44,45)24-20-16-12-8-4;1-3-5-6-7-8-25(4-2)11-9-10(17)13(18)12(14(11)19)15(20,21)16(22,23)24/h5-24H2,1-4H3;9H,3-8H2,1-2H3/q-1;/p+1. The van der Waals surface area contributed by atoms with Crippen LogP contribution in [0.1, 0.15) is 201 Å². The summed E-state index contributed by atoms with van der Waals surface area (Å²) in [7, 11) is -1.92. The largest absolute Gasteiger partial charge is 0.458 e. The highest BCUT2D eigenvalue weighted by Gasteiger charge is 3.03. The van der Waals surface area contributed by atoms with Crippen LogP contribution in [0.4, 0.5) is 140 Å². The zero-order valence-corrected chi connectivity index (χ0v) is 48.6. The number of hydrogen-bond acceptors (Lipinski definition) is 0. The molecule has 0 radical (unpaired) electrons. The monoisotopic (exact) mass is 1350 g/mol. The van der Waals surface area contributed by atoms with E-state index >= 15 is 105 Å². The SMILES string of the molecule is CCCCCCC(F)(F)C(F)(F)C(F)(F)[B-](C(F)(F)C(F)(F)C(F)(F)CCCCCC)(C(F)(F)C(F)(F)C(F)(F)CCCCCC)C(F)(F)C(F)(F)C(F)(F)CCCCCC.CCCCCC[PH+](CC)c1cc(F)c(F)c(C(F)(F)C(F)(F)F)c1F. The Balaban J connectivity index is 0.00000239. The molecule has 0 aliphatic heterocycles. The van der Waals surface area contributed by atoms with Crippen LogP contribution in [0, 0.1) is 17.5 Å². The summed E-state index contributed by atoms with van der Waals surface area (Å²) in [6.45, 7) is 8.65. The second kappa shape index (κ2) is 31.2. The first-order valence-electron chi connectivity index (χ1n) is 27.9. The fourth-order valence-corrected chi connectivity index (χ4v) is 12.1. The van der Waals surface area contributed by atoms with Gasteiger partial charge in [0.1, 0.15) is 10.9 Å². The van der Waals surface area contributed by atoms with Gasteiger partial charge in [-0.05, 0) is 45.4 Å². The normalized spacial score (nSPS) is 15.1. The highest BCUT2D eigenvalue weighted by Crippen LogP contribution is 2.73. The Morgan fingerprint density at radius 2 is 0.570 bits per heavy atom. The molecule has 86 heavy (non-hydrogen) atoms. The molecule has 0 spiro atoms. The molecule has 0 aliphatic rings. The molecule has 0 fully saturated rings. The van der Waals surface area contributed by atoms with Crippen LogP contribution in [0.15, 0.2) is 6.07 Å². The zero-order valence-electron chi connectivity index (χ0n) is 47.6. The third-order valence-electron chi connectivity index (χ3n) is 15.0. The van der Waals surface area contributed by atoms with Crippen LogP contribution in [0.3, 0.4) is 0 Å². The van der Waals surface area contributed by atoms with Gasteiger partial charge < -0.3 is 0 Å². The molecule has 512 valence electrons. The highest BCUT2D eigenvalue weighted by atomic mass is 31.1. The molecule has 1 atom stereocenters. The number of halogens is 32. The van der Waals surface area contributed by atoms with Gasteiger partial charge in [-0.2, -0.15) is 92.2 Å². The third-order valence-corrected chi connectivity index (χ3v) is 18.0. The Labute approximate surface area is 479 Å². The number of alkyl halides is 29. The first-order valence-corrected chi connectivity index (χ1v) is 29.8. The number of hydrogen-bond donors (Lipinski definition) is 0. The minimum absolute atomic E-state index is 0.0414. The first-order chi connectivity index (χ1) is 38.7. The second-order valence-electron chi connectivity index (χ2n) is 21.5. The van der Waals surface area contributed by atoms with E-state index in [1.165, 1.54) is 27.7 Å². The minimum atomic E-state index is -11.7. The van der Waals surface area contributed by atoms with E-state index in [0.29, 0.717) is 24.8 Å². The summed E-state index contributed by atoms with van der Waals surface area (Å²) in [6.07, 6.45) is -37.1. The lowest BCUT2D eigenvalue weighted by Gasteiger charge is -2.63. The van der Waals surface area contributed by atoms with Crippen molar-refractivity contribution in [2.45, 2.75) is 278 Å². The molecule has 1 unspecified atom stereocenters. The summed E-state index contributed by atoms with van der Waals surface area (Å²) in [6, 6.07) is 0.429. The molecule has 0 bridgehead atoms. The van der Waals surface area contributed by atoms with Crippen LogP contribution in [0.25, 0.3) is 0 Å². The summed E-state index contributed by atoms with van der Waals surface area (Å²) in [5.41, 5.74) is -2.54. The Morgan fingerprint density at radius 3 is 0.791 bits per heavy atom. The minimum Gasteiger partial charge on any atom is -0.244 e. The van der Waals surface area contributed by atoms with E-state index in [-0.39, 0.29) is 51.4 Å². The van der Waals surface area contributed by atoms with E-state index in [1.54, 1.807) is 6.92 Å². The molecular weight excluding hydrogens is 1270 g/mol. The molecule has 0 heterocycles. The van der Waals surface area contributed by atoms with Crippen LogP contribution < -0.4 is 5.30 Å². The van der Waals surface area contributed by atoms with Gasteiger partial charge in [0, 0.05) is 39.7 Å². The van der Waals surface area contributed by atoms with Gasteiger partial charge in [-0.25, -0.2) is 48.3 Å². The van der Waals surface area contributed by atoms with Gasteiger partial charge in [-0.15, -0.1) is 0 Å². The van der Waals surface area contributed by atoms with Crippen LogP contribution in [-0.4, -0.2) is 95.3 Å². The van der Waals surface area contributed by atoms with Gasteiger partial charge in [0.15, 0.2) is 17.5 Å². The molecule has 0 amide bonds. The van der Waals surface area contributed by atoms with Crippen LogP contribution in [-0.2, 0) is 5.92 Å². The van der Waals surface area contributed by atoms with Crippen LogP contribution in [0.5, 0.6) is 0 Å². The van der Waals surface area contributed by atoms with Gasteiger partial charge in [-0.1, -0.05) is 125 Å². The van der Waals surface area contributed by atoms with E-state index in [0.717, 1.165) is 19.3 Å². The molecule has 0 saturated heterocycles. The quantitative estimate of drug-likeness (QED) is 0.0202. The Hall–Kier alpha value is -2.53.